The van der Waals surface area contributed by atoms with Gasteiger partial charge in [0.05, 0.1) is 10.4 Å². The highest BCUT2D eigenvalue weighted by Gasteiger charge is 2.33. The number of hydrogen-bond acceptors (Lipinski definition) is 4. The van der Waals surface area contributed by atoms with Crippen molar-refractivity contribution >= 4 is 17.3 Å². The first kappa shape index (κ1) is 15.9. The van der Waals surface area contributed by atoms with E-state index in [9.17, 15) is 22.4 Å². The van der Waals surface area contributed by atoms with Crippen molar-refractivity contribution in [2.45, 2.75) is 31.9 Å². The number of ether oxygens (including phenoxy) is 1. The minimum atomic E-state index is -4.66. The monoisotopic (exact) mass is 345 g/mol. The minimum Gasteiger partial charge on any atom is -0.406 e. The smallest absolute Gasteiger partial charge is 0.406 e. The number of carbonyl (C=O) groups excluding carboxylic acids is 1. The number of aromatic nitrogens is 1. The summed E-state index contributed by atoms with van der Waals surface area (Å²) in [6.45, 7) is 1.17. The molecule has 1 aromatic heterocycles. The second-order valence-corrected chi connectivity index (χ2v) is 6.31. The van der Waals surface area contributed by atoms with Gasteiger partial charge in [0.2, 0.25) is 5.88 Å². The number of rotatable bonds is 3. The van der Waals surface area contributed by atoms with Crippen LogP contribution < -0.4 is 4.74 Å². The maximum absolute atomic E-state index is 13.6. The van der Waals surface area contributed by atoms with Crippen LogP contribution in [0.1, 0.15) is 36.3 Å². The van der Waals surface area contributed by atoms with Gasteiger partial charge in [0.1, 0.15) is 10.8 Å². The van der Waals surface area contributed by atoms with E-state index < -0.39 is 23.5 Å². The molecule has 0 radical (unpaired) electrons. The van der Waals surface area contributed by atoms with Crippen LogP contribution in [0.5, 0.6) is 5.88 Å². The molecule has 0 bridgehead atoms. The number of alkyl halides is 3. The van der Waals surface area contributed by atoms with Crippen molar-refractivity contribution in [1.82, 2.24) is 4.98 Å². The molecule has 0 saturated heterocycles. The molecule has 1 fully saturated rings. The molecule has 0 spiro atoms. The Balaban J connectivity index is 2.09. The summed E-state index contributed by atoms with van der Waals surface area (Å²) in [6, 6.07) is 2.24. The van der Waals surface area contributed by atoms with Crippen molar-refractivity contribution in [3.05, 3.63) is 34.6 Å². The second-order valence-electron chi connectivity index (χ2n) is 5.28. The summed E-state index contributed by atoms with van der Waals surface area (Å²) >= 11 is 1.13. The molecule has 3 nitrogen and oxygen atoms in total. The molecule has 1 aliphatic carbocycles. The third kappa shape index (κ3) is 3.52. The van der Waals surface area contributed by atoms with Crippen LogP contribution in [0.3, 0.4) is 0 Å². The van der Waals surface area contributed by atoms with E-state index in [1.165, 1.54) is 6.92 Å². The lowest BCUT2D eigenvalue weighted by molar-refractivity contribution is -0.137. The van der Waals surface area contributed by atoms with Gasteiger partial charge in [0, 0.05) is 18.4 Å². The summed E-state index contributed by atoms with van der Waals surface area (Å²) in [4.78, 5) is 15.6. The summed E-state index contributed by atoms with van der Waals surface area (Å²) in [5.74, 6) is -1.47. The maximum atomic E-state index is 13.6. The lowest BCUT2D eigenvalue weighted by Gasteiger charge is -2.09. The van der Waals surface area contributed by atoms with Crippen LogP contribution in [0.15, 0.2) is 18.2 Å². The number of benzene rings is 1. The number of hydrogen-bond donors (Lipinski definition) is 0. The predicted octanol–water partition coefficient (Wildman–Crippen LogP) is 4.77. The van der Waals surface area contributed by atoms with Crippen LogP contribution in [0.4, 0.5) is 17.6 Å². The van der Waals surface area contributed by atoms with E-state index in [-0.39, 0.29) is 22.2 Å². The van der Waals surface area contributed by atoms with Crippen LogP contribution in [0, 0.1) is 5.82 Å². The number of carbonyl (C=O) groups is 1. The summed E-state index contributed by atoms with van der Waals surface area (Å²) < 4.78 is 57.1. The van der Waals surface area contributed by atoms with Gasteiger partial charge in [0.15, 0.2) is 0 Å². The van der Waals surface area contributed by atoms with Crippen molar-refractivity contribution < 1.29 is 27.1 Å². The molecule has 122 valence electrons. The molecule has 0 N–H and O–H groups in total. The van der Waals surface area contributed by atoms with Gasteiger partial charge < -0.3 is 4.74 Å². The highest BCUT2D eigenvalue weighted by molar-refractivity contribution is 7.15. The third-order valence-corrected chi connectivity index (χ3v) is 4.52. The van der Waals surface area contributed by atoms with Gasteiger partial charge in [-0.3, -0.25) is 4.79 Å². The average Bonchev–Trinajstić information content (AvgIpc) is 3.19. The Morgan fingerprint density at radius 3 is 2.57 bits per heavy atom. The van der Waals surface area contributed by atoms with Crippen molar-refractivity contribution in [1.29, 1.82) is 0 Å². The summed E-state index contributed by atoms with van der Waals surface area (Å²) in [7, 11) is 0. The Morgan fingerprint density at radius 1 is 1.30 bits per heavy atom. The molecule has 2 aromatic rings. The van der Waals surface area contributed by atoms with Crippen LogP contribution in [-0.4, -0.2) is 11.0 Å². The van der Waals surface area contributed by atoms with Gasteiger partial charge in [0.25, 0.3) is 0 Å². The highest BCUT2D eigenvalue weighted by atomic mass is 32.1. The summed E-state index contributed by atoms with van der Waals surface area (Å²) in [5.41, 5.74) is -1.10. The lowest BCUT2D eigenvalue weighted by Crippen LogP contribution is -2.06. The molecular formula is C15H11F4NO2S. The highest BCUT2D eigenvalue weighted by Crippen LogP contribution is 2.47. The van der Waals surface area contributed by atoms with Crippen molar-refractivity contribution in [2.24, 2.45) is 0 Å². The Hall–Kier alpha value is -1.96. The largest absolute Gasteiger partial charge is 0.416 e. The van der Waals surface area contributed by atoms with Gasteiger partial charge in [-0.05, 0) is 31.0 Å². The van der Waals surface area contributed by atoms with E-state index in [1.54, 1.807) is 0 Å². The van der Waals surface area contributed by atoms with E-state index in [0.717, 1.165) is 36.3 Å². The number of halogens is 4. The van der Waals surface area contributed by atoms with Gasteiger partial charge >= 0.3 is 12.1 Å². The molecule has 8 heteroatoms. The molecule has 1 heterocycles. The minimum absolute atomic E-state index is 0.00187. The van der Waals surface area contributed by atoms with Crippen LogP contribution in [0.25, 0.3) is 10.4 Å². The van der Waals surface area contributed by atoms with E-state index >= 15 is 0 Å². The molecule has 1 saturated carbocycles. The Labute approximate surface area is 132 Å². The van der Waals surface area contributed by atoms with Gasteiger partial charge in [-0.15, -0.1) is 11.3 Å². The quantitative estimate of drug-likeness (QED) is 0.594. The molecule has 0 amide bonds. The SMILES string of the molecule is CC(=O)Oc1nc(C2CC2)sc1-c1cc(F)cc(C(F)(F)F)c1. The molecule has 0 unspecified atom stereocenters. The number of thiazole rings is 1. The van der Waals surface area contributed by atoms with Crippen molar-refractivity contribution in [3.8, 4) is 16.3 Å². The van der Waals surface area contributed by atoms with Gasteiger partial charge in [-0.2, -0.15) is 13.2 Å². The normalized spacial score (nSPS) is 14.8. The first-order valence-electron chi connectivity index (χ1n) is 6.81. The lowest BCUT2D eigenvalue weighted by atomic mass is 10.1. The van der Waals surface area contributed by atoms with Crippen LogP contribution >= 0.6 is 11.3 Å². The molecule has 0 aliphatic heterocycles. The van der Waals surface area contributed by atoms with E-state index in [1.807, 2.05) is 0 Å². The van der Waals surface area contributed by atoms with Crippen molar-refractivity contribution in [2.75, 3.05) is 0 Å². The standard InChI is InChI=1S/C15H11F4NO2S/c1-7(21)22-13-12(23-14(20-13)8-2-3-8)9-4-10(15(17,18)19)6-11(16)5-9/h4-6,8H,2-3H2,1H3. The first-order chi connectivity index (χ1) is 10.7. The Morgan fingerprint density at radius 2 is 2.00 bits per heavy atom. The number of esters is 1. The fraction of sp³-hybridized carbons (Fsp3) is 0.333. The molecule has 3 rings (SSSR count). The van der Waals surface area contributed by atoms with Crippen LogP contribution in [0.2, 0.25) is 0 Å². The second kappa shape index (κ2) is 5.59. The molecular weight excluding hydrogens is 334 g/mol. The average molecular weight is 345 g/mol. The van der Waals surface area contributed by atoms with Crippen LogP contribution in [-0.2, 0) is 11.0 Å². The zero-order valence-corrected chi connectivity index (χ0v) is 12.7. The topological polar surface area (TPSA) is 39.2 Å². The summed E-state index contributed by atoms with van der Waals surface area (Å²) in [6.07, 6.45) is -2.80. The zero-order chi connectivity index (χ0) is 16.8. The van der Waals surface area contributed by atoms with Crippen molar-refractivity contribution in [3.63, 3.8) is 0 Å². The Kier molecular flexibility index (Phi) is 3.87. The maximum Gasteiger partial charge on any atom is 0.416 e. The van der Waals surface area contributed by atoms with Gasteiger partial charge in [-0.25, -0.2) is 9.37 Å². The molecule has 23 heavy (non-hydrogen) atoms. The Bertz CT molecular complexity index is 765. The predicted molar refractivity (Wildman–Crippen MR) is 75.8 cm³/mol. The zero-order valence-electron chi connectivity index (χ0n) is 11.9. The fourth-order valence-electron chi connectivity index (χ4n) is 2.10. The third-order valence-electron chi connectivity index (χ3n) is 3.27. The molecule has 1 aliphatic rings. The van der Waals surface area contributed by atoms with Gasteiger partial charge in [-0.1, -0.05) is 0 Å². The molecule has 1 aromatic carbocycles. The van der Waals surface area contributed by atoms with E-state index in [2.05, 4.69) is 4.98 Å². The number of nitrogens with zero attached hydrogens (tertiary/aromatic N) is 1. The molecule has 0 atom stereocenters. The fourth-order valence-corrected chi connectivity index (χ4v) is 3.25. The first-order valence-corrected chi connectivity index (χ1v) is 7.63. The van der Waals surface area contributed by atoms with E-state index in [4.69, 9.17) is 4.74 Å². The van der Waals surface area contributed by atoms with E-state index in [0.29, 0.717) is 11.1 Å². The summed E-state index contributed by atoms with van der Waals surface area (Å²) in [5, 5.41) is 0.689.